The first kappa shape index (κ1) is 13.2. The summed E-state index contributed by atoms with van der Waals surface area (Å²) in [6.07, 6.45) is 2.67. The summed E-state index contributed by atoms with van der Waals surface area (Å²) in [6, 6.07) is 8.55. The molecule has 0 aliphatic heterocycles. The number of fused-ring (bicyclic) bond motifs is 1. The number of nitrogens with zero attached hydrogens (tertiary/aromatic N) is 1. The minimum absolute atomic E-state index is 0.387. The maximum atomic E-state index is 13.8. The number of hydrogen-bond donors (Lipinski definition) is 2. The van der Waals surface area contributed by atoms with Gasteiger partial charge in [-0.15, -0.1) is 0 Å². The molecule has 0 radical (unpaired) electrons. The highest BCUT2D eigenvalue weighted by molar-refractivity contribution is 9.10. The zero-order valence-corrected chi connectivity index (χ0v) is 11.9. The molecule has 2 aromatic heterocycles. The fraction of sp³-hybridized carbons (Fsp3) is 0.0714. The average Bonchev–Trinajstić information content (AvgIpc) is 2.87. The minimum atomic E-state index is -0.572. The van der Waals surface area contributed by atoms with Crippen LogP contribution in [0.25, 0.3) is 11.0 Å². The number of pyridine rings is 1. The van der Waals surface area contributed by atoms with Gasteiger partial charge in [0, 0.05) is 17.1 Å². The van der Waals surface area contributed by atoms with Crippen molar-refractivity contribution in [3.05, 3.63) is 64.3 Å². The molecule has 0 saturated heterocycles. The van der Waals surface area contributed by atoms with E-state index < -0.39 is 11.9 Å². The highest BCUT2D eigenvalue weighted by Gasteiger charge is 2.21. The van der Waals surface area contributed by atoms with Crippen molar-refractivity contribution in [2.45, 2.75) is 6.04 Å². The molecule has 0 aliphatic carbocycles. The van der Waals surface area contributed by atoms with Gasteiger partial charge in [-0.25, -0.2) is 9.82 Å². The molecule has 20 heavy (non-hydrogen) atoms. The molecule has 3 aromatic rings. The number of aromatic nitrogens is 1. The predicted molar refractivity (Wildman–Crippen MR) is 77.3 cm³/mol. The topological polar surface area (TPSA) is 64.1 Å². The second kappa shape index (κ2) is 5.32. The Balaban J connectivity index is 2.12. The molecule has 0 bridgehead atoms. The number of nitrogens with two attached hydrogens (primary N) is 1. The maximum Gasteiger partial charge on any atom is 0.148 e. The Morgan fingerprint density at radius 3 is 2.90 bits per heavy atom. The van der Waals surface area contributed by atoms with Crippen LogP contribution in [0.3, 0.4) is 0 Å². The average molecular weight is 336 g/mol. The van der Waals surface area contributed by atoms with Crippen LogP contribution < -0.4 is 11.3 Å². The maximum absolute atomic E-state index is 13.8. The molecular formula is C14H11BrFN3O. The van der Waals surface area contributed by atoms with Crippen molar-refractivity contribution in [1.82, 2.24) is 10.4 Å². The Bertz CT molecular complexity index is 759. The Kier molecular flexibility index (Phi) is 3.52. The zero-order valence-electron chi connectivity index (χ0n) is 10.3. The van der Waals surface area contributed by atoms with Crippen LogP contribution in [-0.4, -0.2) is 4.98 Å². The summed E-state index contributed by atoms with van der Waals surface area (Å²) < 4.78 is 20.5. The number of nitrogens with one attached hydrogen (secondary N) is 1. The summed E-state index contributed by atoms with van der Waals surface area (Å²) in [6.45, 7) is 0. The third-order valence-corrected chi connectivity index (χ3v) is 3.71. The van der Waals surface area contributed by atoms with E-state index in [0.717, 1.165) is 16.1 Å². The largest absolute Gasteiger partial charge is 0.458 e. The number of hydrazine groups is 1. The van der Waals surface area contributed by atoms with Crippen molar-refractivity contribution in [1.29, 1.82) is 0 Å². The molecule has 0 fully saturated rings. The summed E-state index contributed by atoms with van der Waals surface area (Å²) >= 11 is 3.42. The van der Waals surface area contributed by atoms with E-state index in [9.17, 15) is 4.39 Å². The minimum Gasteiger partial charge on any atom is -0.458 e. The number of benzene rings is 1. The zero-order chi connectivity index (χ0) is 14.1. The third kappa shape index (κ3) is 2.22. The number of para-hydroxylation sites is 1. The van der Waals surface area contributed by atoms with E-state index in [-0.39, 0.29) is 0 Å². The van der Waals surface area contributed by atoms with Gasteiger partial charge in [-0.05, 0) is 34.1 Å². The Labute approximate surface area is 122 Å². The Morgan fingerprint density at radius 2 is 2.20 bits per heavy atom. The first-order valence-corrected chi connectivity index (χ1v) is 6.73. The number of halogens is 2. The van der Waals surface area contributed by atoms with Crippen LogP contribution in [0.5, 0.6) is 0 Å². The molecule has 6 heteroatoms. The number of hydrogen-bond acceptors (Lipinski definition) is 4. The van der Waals surface area contributed by atoms with E-state index >= 15 is 0 Å². The van der Waals surface area contributed by atoms with Gasteiger partial charge in [0.25, 0.3) is 0 Å². The molecule has 0 spiro atoms. The molecule has 0 amide bonds. The van der Waals surface area contributed by atoms with Crippen molar-refractivity contribution in [2.24, 2.45) is 5.84 Å². The standard InChI is InChI=1S/C14H11BrFN3O/c15-10-3-1-2-8-6-12(20-14(8)10)13(19-17)9-4-5-18-7-11(9)16/h1-7,13,19H,17H2. The van der Waals surface area contributed by atoms with E-state index in [1.165, 1.54) is 6.20 Å². The van der Waals surface area contributed by atoms with Gasteiger partial charge in [0.2, 0.25) is 0 Å². The molecule has 0 saturated carbocycles. The highest BCUT2D eigenvalue weighted by atomic mass is 79.9. The molecule has 0 aliphatic rings. The van der Waals surface area contributed by atoms with E-state index in [0.29, 0.717) is 16.9 Å². The molecule has 1 atom stereocenters. The van der Waals surface area contributed by atoms with E-state index in [4.69, 9.17) is 10.3 Å². The summed E-state index contributed by atoms with van der Waals surface area (Å²) in [5.41, 5.74) is 3.67. The molecular weight excluding hydrogens is 325 g/mol. The van der Waals surface area contributed by atoms with Crippen LogP contribution in [0.2, 0.25) is 0 Å². The van der Waals surface area contributed by atoms with Crippen molar-refractivity contribution in [3.63, 3.8) is 0 Å². The van der Waals surface area contributed by atoms with E-state index in [1.54, 1.807) is 6.07 Å². The van der Waals surface area contributed by atoms with Crippen LogP contribution in [0.1, 0.15) is 17.4 Å². The highest BCUT2D eigenvalue weighted by Crippen LogP contribution is 2.32. The van der Waals surface area contributed by atoms with Crippen LogP contribution in [0, 0.1) is 5.82 Å². The normalized spacial score (nSPS) is 12.8. The lowest BCUT2D eigenvalue weighted by molar-refractivity contribution is 0.461. The second-order valence-electron chi connectivity index (χ2n) is 4.30. The van der Waals surface area contributed by atoms with Gasteiger partial charge in [0.1, 0.15) is 23.2 Å². The van der Waals surface area contributed by atoms with Gasteiger partial charge in [0.05, 0.1) is 10.7 Å². The fourth-order valence-corrected chi connectivity index (χ4v) is 2.60. The summed E-state index contributed by atoms with van der Waals surface area (Å²) in [5.74, 6) is 5.66. The molecule has 1 aromatic carbocycles. The quantitative estimate of drug-likeness (QED) is 0.569. The number of furan rings is 1. The van der Waals surface area contributed by atoms with Crippen LogP contribution in [-0.2, 0) is 0 Å². The monoisotopic (exact) mass is 335 g/mol. The van der Waals surface area contributed by atoms with Crippen LogP contribution >= 0.6 is 15.9 Å². The SMILES string of the molecule is NNC(c1cc2cccc(Br)c2o1)c1ccncc1F. The summed E-state index contributed by atoms with van der Waals surface area (Å²) in [7, 11) is 0. The third-order valence-electron chi connectivity index (χ3n) is 3.08. The molecule has 2 heterocycles. The predicted octanol–water partition coefficient (Wildman–Crippen LogP) is 3.28. The Morgan fingerprint density at radius 1 is 1.35 bits per heavy atom. The summed E-state index contributed by atoms with van der Waals surface area (Å²) in [5, 5.41) is 0.920. The Hall–Kier alpha value is -1.76. The van der Waals surface area contributed by atoms with Crippen molar-refractivity contribution in [2.75, 3.05) is 0 Å². The lowest BCUT2D eigenvalue weighted by Crippen LogP contribution is -2.29. The lowest BCUT2D eigenvalue weighted by Gasteiger charge is -2.13. The molecule has 3 rings (SSSR count). The van der Waals surface area contributed by atoms with Gasteiger partial charge >= 0.3 is 0 Å². The van der Waals surface area contributed by atoms with Crippen LogP contribution in [0.15, 0.2) is 51.6 Å². The van der Waals surface area contributed by atoms with Gasteiger partial charge < -0.3 is 4.42 Å². The van der Waals surface area contributed by atoms with Crippen molar-refractivity contribution in [3.8, 4) is 0 Å². The first-order valence-electron chi connectivity index (χ1n) is 5.94. The fourth-order valence-electron chi connectivity index (χ4n) is 2.13. The first-order chi connectivity index (χ1) is 9.70. The van der Waals surface area contributed by atoms with Gasteiger partial charge in [0.15, 0.2) is 0 Å². The molecule has 4 nitrogen and oxygen atoms in total. The van der Waals surface area contributed by atoms with Gasteiger partial charge in [-0.2, -0.15) is 0 Å². The van der Waals surface area contributed by atoms with Gasteiger partial charge in [-0.3, -0.25) is 10.8 Å². The molecule has 1 unspecified atom stereocenters. The smallest absolute Gasteiger partial charge is 0.148 e. The molecule has 102 valence electrons. The van der Waals surface area contributed by atoms with E-state index in [1.807, 2.05) is 24.3 Å². The van der Waals surface area contributed by atoms with Gasteiger partial charge in [-0.1, -0.05) is 12.1 Å². The second-order valence-corrected chi connectivity index (χ2v) is 5.16. The van der Waals surface area contributed by atoms with E-state index in [2.05, 4.69) is 26.3 Å². The molecule has 3 N–H and O–H groups in total. The van der Waals surface area contributed by atoms with Crippen molar-refractivity contribution < 1.29 is 8.81 Å². The van der Waals surface area contributed by atoms with Crippen molar-refractivity contribution >= 4 is 26.9 Å². The van der Waals surface area contributed by atoms with Crippen LogP contribution in [0.4, 0.5) is 4.39 Å². The lowest BCUT2D eigenvalue weighted by atomic mass is 10.1. The number of rotatable bonds is 3. The summed E-state index contributed by atoms with van der Waals surface area (Å²) in [4.78, 5) is 3.73.